The van der Waals surface area contributed by atoms with Gasteiger partial charge in [0.25, 0.3) is 0 Å². The van der Waals surface area contributed by atoms with E-state index in [0.717, 1.165) is 12.1 Å². The molecule has 1 saturated heterocycles. The first-order valence-electron chi connectivity index (χ1n) is 7.99. The maximum atomic E-state index is 12.8. The van der Waals surface area contributed by atoms with Crippen molar-refractivity contribution >= 4 is 11.9 Å². The summed E-state index contributed by atoms with van der Waals surface area (Å²) in [5.41, 5.74) is -1.18. The van der Waals surface area contributed by atoms with Gasteiger partial charge in [0.05, 0.1) is 24.1 Å². The van der Waals surface area contributed by atoms with Gasteiger partial charge in [-0.1, -0.05) is 18.2 Å². The van der Waals surface area contributed by atoms with Crippen molar-refractivity contribution in [1.29, 1.82) is 0 Å². The SMILES string of the molecule is O=C(O)CC1(NC(=O)C2CC2c2cccc(C(F)(F)F)c2)CCOC1. The number of ether oxygens (including phenoxy) is 1. The van der Waals surface area contributed by atoms with E-state index in [9.17, 15) is 22.8 Å². The number of amides is 1. The number of rotatable bonds is 5. The number of hydrogen-bond acceptors (Lipinski definition) is 3. The Kier molecular flexibility index (Phi) is 4.49. The molecule has 136 valence electrons. The molecule has 2 fully saturated rings. The van der Waals surface area contributed by atoms with Crippen molar-refractivity contribution < 1.29 is 32.6 Å². The van der Waals surface area contributed by atoms with Gasteiger partial charge in [-0.2, -0.15) is 13.2 Å². The van der Waals surface area contributed by atoms with Crippen LogP contribution in [0.15, 0.2) is 24.3 Å². The second kappa shape index (κ2) is 6.33. The number of hydrogen-bond donors (Lipinski definition) is 2. The van der Waals surface area contributed by atoms with Crippen molar-refractivity contribution in [2.45, 2.75) is 36.9 Å². The zero-order valence-corrected chi connectivity index (χ0v) is 13.3. The van der Waals surface area contributed by atoms with E-state index in [0.29, 0.717) is 25.0 Å². The Labute approximate surface area is 142 Å². The highest BCUT2D eigenvalue weighted by atomic mass is 19.4. The van der Waals surface area contributed by atoms with Gasteiger partial charge in [-0.15, -0.1) is 0 Å². The maximum absolute atomic E-state index is 12.8. The molecule has 25 heavy (non-hydrogen) atoms. The van der Waals surface area contributed by atoms with Gasteiger partial charge in [0.1, 0.15) is 0 Å². The summed E-state index contributed by atoms with van der Waals surface area (Å²) >= 11 is 0. The smallest absolute Gasteiger partial charge is 0.416 e. The zero-order valence-electron chi connectivity index (χ0n) is 13.3. The van der Waals surface area contributed by atoms with Crippen molar-refractivity contribution in [3.63, 3.8) is 0 Å². The van der Waals surface area contributed by atoms with Crippen LogP contribution in [0.1, 0.15) is 36.3 Å². The lowest BCUT2D eigenvalue weighted by Gasteiger charge is -2.27. The average Bonchev–Trinajstić information content (AvgIpc) is 3.21. The lowest BCUT2D eigenvalue weighted by molar-refractivity contribution is -0.139. The van der Waals surface area contributed by atoms with E-state index in [4.69, 9.17) is 9.84 Å². The van der Waals surface area contributed by atoms with Crippen LogP contribution in [-0.4, -0.2) is 35.7 Å². The zero-order chi connectivity index (χ0) is 18.2. The second-order valence-electron chi connectivity index (χ2n) is 6.71. The Morgan fingerprint density at radius 1 is 1.36 bits per heavy atom. The molecule has 1 aromatic carbocycles. The lowest BCUT2D eigenvalue weighted by Crippen LogP contribution is -2.51. The maximum Gasteiger partial charge on any atom is 0.416 e. The van der Waals surface area contributed by atoms with Gasteiger partial charge >= 0.3 is 12.1 Å². The van der Waals surface area contributed by atoms with E-state index in [1.165, 1.54) is 6.07 Å². The Hall–Kier alpha value is -2.09. The van der Waals surface area contributed by atoms with Crippen LogP contribution in [0.5, 0.6) is 0 Å². The van der Waals surface area contributed by atoms with E-state index in [1.54, 1.807) is 6.07 Å². The molecule has 2 N–H and O–H groups in total. The summed E-state index contributed by atoms with van der Waals surface area (Å²) in [6.07, 6.45) is -3.79. The summed E-state index contributed by atoms with van der Waals surface area (Å²) in [5.74, 6) is -2.06. The number of alkyl halides is 3. The van der Waals surface area contributed by atoms with Crippen LogP contribution in [0.4, 0.5) is 13.2 Å². The summed E-state index contributed by atoms with van der Waals surface area (Å²) in [6, 6.07) is 4.99. The van der Waals surface area contributed by atoms with E-state index in [2.05, 4.69) is 5.32 Å². The number of benzene rings is 1. The average molecular weight is 357 g/mol. The molecular weight excluding hydrogens is 339 g/mol. The molecule has 1 heterocycles. The molecular formula is C17H18F3NO4. The fourth-order valence-electron chi connectivity index (χ4n) is 3.33. The molecule has 1 aliphatic heterocycles. The van der Waals surface area contributed by atoms with Gasteiger partial charge in [-0.05, 0) is 30.4 Å². The van der Waals surface area contributed by atoms with Crippen LogP contribution in [0.25, 0.3) is 0 Å². The van der Waals surface area contributed by atoms with Crippen LogP contribution in [-0.2, 0) is 20.5 Å². The molecule has 1 aromatic rings. The fraction of sp³-hybridized carbons (Fsp3) is 0.529. The Morgan fingerprint density at radius 2 is 2.12 bits per heavy atom. The minimum Gasteiger partial charge on any atom is -0.481 e. The Balaban J connectivity index is 1.67. The summed E-state index contributed by atoms with van der Waals surface area (Å²) in [6.45, 7) is 0.501. The Bertz CT molecular complexity index is 683. The minimum absolute atomic E-state index is 0.131. The van der Waals surface area contributed by atoms with E-state index in [-0.39, 0.29) is 24.9 Å². The standard InChI is InChI=1S/C17H18F3NO4/c18-17(19,20)11-3-1-2-10(6-11)12-7-13(12)15(24)21-16(8-14(22)23)4-5-25-9-16/h1-3,6,12-13H,4-5,7-9H2,(H,21,24)(H,22,23). The number of carboxylic acids is 1. The van der Waals surface area contributed by atoms with Gasteiger partial charge in [-0.25, -0.2) is 0 Å². The second-order valence-corrected chi connectivity index (χ2v) is 6.71. The van der Waals surface area contributed by atoms with Crippen LogP contribution < -0.4 is 5.32 Å². The summed E-state index contributed by atoms with van der Waals surface area (Å²) in [7, 11) is 0. The highest BCUT2D eigenvalue weighted by Crippen LogP contribution is 2.48. The number of carbonyl (C=O) groups excluding carboxylic acids is 1. The number of aliphatic carboxylic acids is 1. The monoisotopic (exact) mass is 357 g/mol. The van der Waals surface area contributed by atoms with Crippen molar-refractivity contribution in [3.8, 4) is 0 Å². The van der Waals surface area contributed by atoms with Gasteiger partial charge in [0, 0.05) is 12.5 Å². The molecule has 0 radical (unpaired) electrons. The van der Waals surface area contributed by atoms with Crippen LogP contribution in [0, 0.1) is 5.92 Å². The third-order valence-corrected chi connectivity index (χ3v) is 4.75. The first kappa shape index (κ1) is 17.7. The highest BCUT2D eigenvalue weighted by molar-refractivity contribution is 5.84. The van der Waals surface area contributed by atoms with Gasteiger partial charge < -0.3 is 15.2 Å². The number of carboxylic acid groups (broad SMARTS) is 1. The molecule has 1 amide bonds. The predicted octanol–water partition coefficient (Wildman–Crippen LogP) is 2.56. The molecule has 5 nitrogen and oxygen atoms in total. The van der Waals surface area contributed by atoms with Crippen molar-refractivity contribution in [2.24, 2.45) is 5.92 Å². The Morgan fingerprint density at radius 3 is 2.72 bits per heavy atom. The van der Waals surface area contributed by atoms with E-state index >= 15 is 0 Å². The van der Waals surface area contributed by atoms with Crippen molar-refractivity contribution in [3.05, 3.63) is 35.4 Å². The largest absolute Gasteiger partial charge is 0.481 e. The molecule has 0 aromatic heterocycles. The predicted molar refractivity (Wildman–Crippen MR) is 80.9 cm³/mol. The number of carbonyl (C=O) groups is 2. The van der Waals surface area contributed by atoms with Gasteiger partial charge in [0.15, 0.2) is 0 Å². The molecule has 2 aliphatic rings. The first-order valence-corrected chi connectivity index (χ1v) is 7.99. The number of nitrogens with one attached hydrogen (secondary N) is 1. The topological polar surface area (TPSA) is 75.6 Å². The molecule has 0 bridgehead atoms. The molecule has 3 atom stereocenters. The molecule has 1 aliphatic carbocycles. The summed E-state index contributed by atoms with van der Waals surface area (Å²) in [5, 5.41) is 11.8. The van der Waals surface area contributed by atoms with Crippen LogP contribution >= 0.6 is 0 Å². The summed E-state index contributed by atoms with van der Waals surface area (Å²) < 4.78 is 43.6. The molecule has 3 unspecified atom stereocenters. The van der Waals surface area contributed by atoms with Crippen LogP contribution in [0.2, 0.25) is 0 Å². The lowest BCUT2D eigenvalue weighted by atomic mass is 9.93. The normalized spacial score (nSPS) is 28.6. The third-order valence-electron chi connectivity index (χ3n) is 4.75. The quantitative estimate of drug-likeness (QED) is 0.849. The van der Waals surface area contributed by atoms with E-state index < -0.39 is 29.2 Å². The van der Waals surface area contributed by atoms with Gasteiger partial charge in [-0.3, -0.25) is 9.59 Å². The number of halogens is 3. The molecule has 3 rings (SSSR count). The highest BCUT2D eigenvalue weighted by Gasteiger charge is 2.48. The van der Waals surface area contributed by atoms with Crippen molar-refractivity contribution in [2.75, 3.05) is 13.2 Å². The minimum atomic E-state index is -4.42. The third kappa shape index (κ3) is 3.95. The summed E-state index contributed by atoms with van der Waals surface area (Å²) in [4.78, 5) is 23.5. The van der Waals surface area contributed by atoms with Crippen LogP contribution in [0.3, 0.4) is 0 Å². The first-order chi connectivity index (χ1) is 11.7. The van der Waals surface area contributed by atoms with Crippen molar-refractivity contribution in [1.82, 2.24) is 5.32 Å². The molecule has 1 saturated carbocycles. The molecule has 0 spiro atoms. The van der Waals surface area contributed by atoms with E-state index in [1.807, 2.05) is 0 Å². The molecule has 8 heteroatoms. The van der Waals surface area contributed by atoms with Gasteiger partial charge in [0.2, 0.25) is 5.91 Å². The fourth-order valence-corrected chi connectivity index (χ4v) is 3.33.